The molecule has 1 amide bonds. The molecule has 1 fully saturated rings. The van der Waals surface area contributed by atoms with E-state index in [0.29, 0.717) is 5.02 Å². The van der Waals surface area contributed by atoms with Crippen LogP contribution in [0, 0.1) is 0 Å². The van der Waals surface area contributed by atoms with E-state index in [-0.39, 0.29) is 11.9 Å². The lowest BCUT2D eigenvalue weighted by atomic mass is 10.1. The molecule has 1 heterocycles. The number of hydrogen-bond acceptors (Lipinski definition) is 3. The first kappa shape index (κ1) is 18.6. The van der Waals surface area contributed by atoms with Gasteiger partial charge in [0.25, 0.3) is 0 Å². The summed E-state index contributed by atoms with van der Waals surface area (Å²) in [5.41, 5.74) is 2.00. The van der Waals surface area contributed by atoms with Crippen LogP contribution in [0.2, 0.25) is 5.02 Å². The largest absolute Gasteiger partial charge is 0.379 e. The number of nitrogens with zero attached hydrogens (tertiary/aromatic N) is 1. The van der Waals surface area contributed by atoms with Crippen LogP contribution in [0.4, 0.5) is 0 Å². The molecule has 1 aliphatic heterocycles. The molecule has 0 bridgehead atoms. The third kappa shape index (κ3) is 5.70. The summed E-state index contributed by atoms with van der Waals surface area (Å²) in [6, 6.07) is 17.4. The van der Waals surface area contributed by atoms with Gasteiger partial charge < -0.3 is 10.1 Å². The summed E-state index contributed by atoms with van der Waals surface area (Å²) in [4.78, 5) is 14.8. The summed E-state index contributed by atoms with van der Waals surface area (Å²) in [7, 11) is 0. The first-order valence-corrected chi connectivity index (χ1v) is 9.18. The van der Waals surface area contributed by atoms with Crippen LogP contribution in [0.1, 0.15) is 17.2 Å². The highest BCUT2D eigenvalue weighted by atomic mass is 35.5. The summed E-state index contributed by atoms with van der Waals surface area (Å²) in [6.45, 7) is 4.02. The van der Waals surface area contributed by atoms with Crippen molar-refractivity contribution in [2.75, 3.05) is 32.8 Å². The van der Waals surface area contributed by atoms with Crippen LogP contribution in [0.25, 0.3) is 6.08 Å². The van der Waals surface area contributed by atoms with Gasteiger partial charge in [0.1, 0.15) is 0 Å². The molecule has 1 aliphatic rings. The van der Waals surface area contributed by atoms with Gasteiger partial charge in [-0.15, -0.1) is 0 Å². The van der Waals surface area contributed by atoms with E-state index in [2.05, 4.69) is 10.2 Å². The van der Waals surface area contributed by atoms with Gasteiger partial charge in [-0.3, -0.25) is 9.69 Å². The average molecular weight is 371 g/mol. The maximum absolute atomic E-state index is 12.5. The normalized spacial score (nSPS) is 16.5. The molecular weight excluding hydrogens is 348 g/mol. The van der Waals surface area contributed by atoms with Crippen LogP contribution in [0.5, 0.6) is 0 Å². The fourth-order valence-electron chi connectivity index (χ4n) is 2.96. The SMILES string of the molecule is O=C(/C=C/c1cccc(Cl)c1)N[C@@H](CN1CCOCC1)c1ccccc1. The van der Waals surface area contributed by atoms with Gasteiger partial charge in [0, 0.05) is 30.7 Å². The van der Waals surface area contributed by atoms with Gasteiger partial charge >= 0.3 is 0 Å². The molecular formula is C21H23ClN2O2. The van der Waals surface area contributed by atoms with E-state index in [1.165, 1.54) is 0 Å². The predicted octanol–water partition coefficient (Wildman–Crippen LogP) is 3.54. The fourth-order valence-corrected chi connectivity index (χ4v) is 3.16. The Balaban J connectivity index is 1.67. The standard InChI is InChI=1S/C21H23ClN2O2/c22-19-8-4-5-17(15-19)9-10-21(25)23-20(18-6-2-1-3-7-18)16-24-11-13-26-14-12-24/h1-10,15,20H,11-14,16H2,(H,23,25)/b10-9+/t20-/m0/s1. The molecule has 1 saturated heterocycles. The van der Waals surface area contributed by atoms with Crippen molar-refractivity contribution in [3.05, 3.63) is 76.8 Å². The Bertz CT molecular complexity index is 743. The molecule has 0 spiro atoms. The van der Waals surface area contributed by atoms with Crippen LogP contribution in [-0.2, 0) is 9.53 Å². The van der Waals surface area contributed by atoms with Crippen LogP contribution in [-0.4, -0.2) is 43.7 Å². The monoisotopic (exact) mass is 370 g/mol. The van der Waals surface area contributed by atoms with E-state index in [1.807, 2.05) is 54.6 Å². The van der Waals surface area contributed by atoms with E-state index < -0.39 is 0 Å². The van der Waals surface area contributed by atoms with Gasteiger partial charge in [-0.05, 0) is 29.3 Å². The van der Waals surface area contributed by atoms with Crippen molar-refractivity contribution in [2.45, 2.75) is 6.04 Å². The number of nitrogens with one attached hydrogen (secondary N) is 1. The summed E-state index contributed by atoms with van der Waals surface area (Å²) in [5.74, 6) is -0.118. The second kappa shape index (κ2) is 9.53. The molecule has 1 N–H and O–H groups in total. The second-order valence-corrected chi connectivity index (χ2v) is 6.71. The summed E-state index contributed by atoms with van der Waals surface area (Å²) in [6.07, 6.45) is 3.33. The van der Waals surface area contributed by atoms with Crippen molar-refractivity contribution in [3.63, 3.8) is 0 Å². The molecule has 0 aromatic heterocycles. The van der Waals surface area contributed by atoms with Crippen LogP contribution >= 0.6 is 11.6 Å². The van der Waals surface area contributed by atoms with Gasteiger partial charge in [0.2, 0.25) is 5.91 Å². The van der Waals surface area contributed by atoms with Crippen LogP contribution < -0.4 is 5.32 Å². The minimum Gasteiger partial charge on any atom is -0.379 e. The third-order valence-corrected chi connectivity index (χ3v) is 4.57. The molecule has 26 heavy (non-hydrogen) atoms. The highest BCUT2D eigenvalue weighted by Gasteiger charge is 2.19. The van der Waals surface area contributed by atoms with E-state index in [4.69, 9.17) is 16.3 Å². The lowest BCUT2D eigenvalue weighted by Gasteiger charge is -2.31. The highest BCUT2D eigenvalue weighted by Crippen LogP contribution is 2.16. The Labute approximate surface area is 159 Å². The topological polar surface area (TPSA) is 41.6 Å². The first-order valence-electron chi connectivity index (χ1n) is 8.80. The molecule has 2 aromatic rings. The lowest BCUT2D eigenvalue weighted by Crippen LogP contribution is -2.42. The Hall–Kier alpha value is -2.14. The molecule has 1 atom stereocenters. The van der Waals surface area contributed by atoms with Crippen molar-refractivity contribution in [1.82, 2.24) is 10.2 Å². The molecule has 0 saturated carbocycles. The summed E-state index contributed by atoms with van der Waals surface area (Å²) >= 11 is 5.98. The molecule has 136 valence electrons. The van der Waals surface area contributed by atoms with Gasteiger partial charge in [0.15, 0.2) is 0 Å². The molecule has 5 heteroatoms. The van der Waals surface area contributed by atoms with E-state index in [9.17, 15) is 4.79 Å². The minimum absolute atomic E-state index is 0.0641. The number of ether oxygens (including phenoxy) is 1. The summed E-state index contributed by atoms with van der Waals surface area (Å²) < 4.78 is 5.41. The Morgan fingerprint density at radius 1 is 1.15 bits per heavy atom. The average Bonchev–Trinajstić information content (AvgIpc) is 2.67. The Morgan fingerprint density at radius 3 is 2.65 bits per heavy atom. The first-order chi connectivity index (χ1) is 12.7. The number of carbonyl (C=O) groups is 1. The number of morpholine rings is 1. The quantitative estimate of drug-likeness (QED) is 0.791. The smallest absolute Gasteiger partial charge is 0.244 e. The number of benzene rings is 2. The maximum atomic E-state index is 12.5. The van der Waals surface area contributed by atoms with Crippen molar-refractivity contribution in [1.29, 1.82) is 0 Å². The van der Waals surface area contributed by atoms with Crippen molar-refractivity contribution in [3.8, 4) is 0 Å². The third-order valence-electron chi connectivity index (χ3n) is 4.34. The van der Waals surface area contributed by atoms with Crippen molar-refractivity contribution >= 4 is 23.6 Å². The van der Waals surface area contributed by atoms with E-state index in [1.54, 1.807) is 12.2 Å². The zero-order chi connectivity index (χ0) is 18.2. The van der Waals surface area contributed by atoms with Gasteiger partial charge in [0.05, 0.1) is 19.3 Å². The van der Waals surface area contributed by atoms with E-state index in [0.717, 1.165) is 44.0 Å². The molecule has 2 aromatic carbocycles. The second-order valence-electron chi connectivity index (χ2n) is 6.27. The fraction of sp³-hybridized carbons (Fsp3) is 0.286. The number of hydrogen-bond donors (Lipinski definition) is 1. The number of rotatable bonds is 6. The zero-order valence-corrected chi connectivity index (χ0v) is 15.4. The van der Waals surface area contributed by atoms with Crippen molar-refractivity contribution in [2.24, 2.45) is 0 Å². The Kier molecular flexibility index (Phi) is 6.83. The van der Waals surface area contributed by atoms with Gasteiger partial charge in [-0.25, -0.2) is 0 Å². The van der Waals surface area contributed by atoms with Crippen molar-refractivity contribution < 1.29 is 9.53 Å². The molecule has 0 radical (unpaired) electrons. The van der Waals surface area contributed by atoms with Crippen LogP contribution in [0.15, 0.2) is 60.7 Å². The molecule has 0 aliphatic carbocycles. The number of halogens is 1. The van der Waals surface area contributed by atoms with E-state index >= 15 is 0 Å². The highest BCUT2D eigenvalue weighted by molar-refractivity contribution is 6.30. The molecule has 0 unspecified atom stereocenters. The maximum Gasteiger partial charge on any atom is 0.244 e. The minimum atomic E-state index is -0.118. The summed E-state index contributed by atoms with van der Waals surface area (Å²) in [5, 5.41) is 3.78. The predicted molar refractivity (Wildman–Crippen MR) is 105 cm³/mol. The zero-order valence-electron chi connectivity index (χ0n) is 14.6. The van der Waals surface area contributed by atoms with Crippen LogP contribution in [0.3, 0.4) is 0 Å². The number of carbonyl (C=O) groups excluding carboxylic acids is 1. The van der Waals surface area contributed by atoms with Gasteiger partial charge in [-0.2, -0.15) is 0 Å². The molecule has 3 rings (SSSR count). The number of amides is 1. The van der Waals surface area contributed by atoms with Gasteiger partial charge in [-0.1, -0.05) is 54.1 Å². The Morgan fingerprint density at radius 2 is 1.92 bits per heavy atom. The lowest BCUT2D eigenvalue weighted by molar-refractivity contribution is -0.117. The molecule has 4 nitrogen and oxygen atoms in total.